The van der Waals surface area contributed by atoms with Crippen LogP contribution in [0.1, 0.15) is 58.3 Å². The molecule has 1 saturated heterocycles. The number of rotatable bonds is 8. The van der Waals surface area contributed by atoms with Gasteiger partial charge < -0.3 is 19.0 Å². The number of benzene rings is 1. The monoisotopic (exact) mass is 422 g/mol. The number of carbonyl (C=O) groups is 1. The Morgan fingerprint density at radius 2 is 1.79 bits per heavy atom. The lowest BCUT2D eigenvalue weighted by molar-refractivity contribution is -0.128. The first kappa shape index (κ1) is 24.1. The first-order valence-electron chi connectivity index (χ1n) is 10.7. The highest BCUT2D eigenvalue weighted by Gasteiger charge is 2.53. The van der Waals surface area contributed by atoms with E-state index < -0.39 is 38.9 Å². The van der Waals surface area contributed by atoms with Crippen LogP contribution in [0, 0.1) is 11.8 Å². The fourth-order valence-electron chi connectivity index (χ4n) is 3.49. The molecule has 2 rings (SSSR count). The Kier molecular flexibility index (Phi) is 7.71. The third-order valence-corrected chi connectivity index (χ3v) is 11.6. The molecule has 1 aliphatic heterocycles. The molecule has 1 fully saturated rings. The molecule has 0 radical (unpaired) electrons. The zero-order valence-corrected chi connectivity index (χ0v) is 20.1. The summed E-state index contributed by atoms with van der Waals surface area (Å²) in [6, 6.07) is 8.82. The molecule has 1 aromatic carbocycles. The van der Waals surface area contributed by atoms with Gasteiger partial charge in [-0.2, -0.15) is 0 Å². The van der Waals surface area contributed by atoms with Crippen molar-refractivity contribution in [2.45, 2.75) is 90.7 Å². The quantitative estimate of drug-likeness (QED) is 0.472. The molecule has 1 N–H and O–H groups in total. The van der Waals surface area contributed by atoms with Gasteiger partial charge in [0.05, 0.1) is 11.7 Å². The van der Waals surface area contributed by atoms with Gasteiger partial charge in [0.2, 0.25) is 0 Å². The molecule has 1 heterocycles. The van der Waals surface area contributed by atoms with Gasteiger partial charge >= 0.3 is 5.97 Å². The van der Waals surface area contributed by atoms with Crippen molar-refractivity contribution in [3.8, 4) is 0 Å². The van der Waals surface area contributed by atoms with Gasteiger partial charge in [-0.15, -0.1) is 0 Å². The molecule has 0 spiro atoms. The van der Waals surface area contributed by atoms with Crippen LogP contribution < -0.4 is 0 Å². The summed E-state index contributed by atoms with van der Waals surface area (Å²) in [4.78, 5) is 12.7. The first-order valence-corrected chi connectivity index (χ1v) is 13.6. The van der Waals surface area contributed by atoms with Crippen molar-refractivity contribution in [1.82, 2.24) is 0 Å². The second kappa shape index (κ2) is 9.29. The minimum Gasteiger partial charge on any atom is -0.450 e. The molecule has 5 nitrogen and oxygen atoms in total. The summed E-state index contributed by atoms with van der Waals surface area (Å²) in [7, 11) is -2.26. The van der Waals surface area contributed by atoms with E-state index in [2.05, 4.69) is 47.7 Å². The molecular weight excluding hydrogens is 384 g/mol. The van der Waals surface area contributed by atoms with Gasteiger partial charge in [-0.1, -0.05) is 66.2 Å². The van der Waals surface area contributed by atoms with Crippen molar-refractivity contribution in [3.63, 3.8) is 0 Å². The number of aliphatic hydroxyl groups excluding tert-OH is 1. The Morgan fingerprint density at radius 3 is 2.31 bits per heavy atom. The summed E-state index contributed by atoms with van der Waals surface area (Å²) < 4.78 is 18.5. The predicted octanol–water partition coefficient (Wildman–Crippen LogP) is 5.00. The lowest BCUT2D eigenvalue weighted by atomic mass is 9.96. The Labute approximate surface area is 176 Å². The van der Waals surface area contributed by atoms with Crippen molar-refractivity contribution >= 4 is 14.3 Å². The Balaban J connectivity index is 2.27. The van der Waals surface area contributed by atoms with Crippen LogP contribution in [0.2, 0.25) is 18.1 Å². The van der Waals surface area contributed by atoms with Gasteiger partial charge in [-0.25, -0.2) is 4.79 Å². The van der Waals surface area contributed by atoms with Crippen LogP contribution >= 0.6 is 0 Å². The zero-order chi connectivity index (χ0) is 22.0. The van der Waals surface area contributed by atoms with Crippen LogP contribution in [-0.4, -0.2) is 44.0 Å². The van der Waals surface area contributed by atoms with Crippen LogP contribution in [-0.2, 0) is 13.9 Å². The normalized spacial score (nSPS) is 26.6. The van der Waals surface area contributed by atoms with E-state index in [1.807, 2.05) is 13.0 Å². The van der Waals surface area contributed by atoms with E-state index in [-0.39, 0.29) is 11.0 Å². The molecule has 0 amide bonds. The Hall–Kier alpha value is -1.21. The fourth-order valence-corrected chi connectivity index (χ4v) is 5.95. The predicted molar refractivity (Wildman–Crippen MR) is 117 cm³/mol. The van der Waals surface area contributed by atoms with Gasteiger partial charge in [0.1, 0.15) is 6.10 Å². The fraction of sp³-hybridized carbons (Fsp3) is 0.696. The molecule has 1 aliphatic rings. The van der Waals surface area contributed by atoms with Gasteiger partial charge in [0.15, 0.2) is 20.7 Å². The summed E-state index contributed by atoms with van der Waals surface area (Å²) in [5.41, 5.74) is 0.449. The van der Waals surface area contributed by atoms with Crippen LogP contribution in [0.15, 0.2) is 30.3 Å². The molecule has 0 aromatic heterocycles. The van der Waals surface area contributed by atoms with Crippen molar-refractivity contribution in [3.05, 3.63) is 35.9 Å². The maximum absolute atomic E-state index is 12.7. The van der Waals surface area contributed by atoms with E-state index in [1.54, 1.807) is 24.3 Å². The first-order chi connectivity index (χ1) is 13.4. The van der Waals surface area contributed by atoms with E-state index in [9.17, 15) is 9.90 Å². The SMILES string of the molecule is CC[C@@H](C)C1OC(O[Si](C)(C)C(C)(C)C(C)C)C(OC(=O)c2ccccc2)C1O. The van der Waals surface area contributed by atoms with Crippen molar-refractivity contribution in [2.24, 2.45) is 11.8 Å². The number of carbonyl (C=O) groups excluding carboxylic acids is 1. The van der Waals surface area contributed by atoms with E-state index in [0.29, 0.717) is 11.5 Å². The van der Waals surface area contributed by atoms with Gasteiger partial charge in [0.25, 0.3) is 0 Å². The van der Waals surface area contributed by atoms with E-state index in [4.69, 9.17) is 13.9 Å². The van der Waals surface area contributed by atoms with E-state index >= 15 is 0 Å². The topological polar surface area (TPSA) is 65.0 Å². The van der Waals surface area contributed by atoms with Crippen LogP contribution in [0.3, 0.4) is 0 Å². The number of esters is 1. The average molecular weight is 423 g/mol. The largest absolute Gasteiger partial charge is 0.450 e. The zero-order valence-electron chi connectivity index (χ0n) is 19.1. The standard InChI is InChI=1S/C23H38O5Si/c1-9-16(4)19-18(24)20(26-21(25)17-13-11-10-12-14-17)22(27-19)28-29(7,8)23(5,6)15(2)3/h10-16,18-20,22,24H,9H2,1-8H3/t16-,18?,19?,20?,22?/m1/s1. The van der Waals surface area contributed by atoms with Crippen LogP contribution in [0.25, 0.3) is 0 Å². The number of aliphatic hydroxyl groups is 1. The third kappa shape index (κ3) is 5.10. The van der Waals surface area contributed by atoms with Crippen LogP contribution in [0.5, 0.6) is 0 Å². The van der Waals surface area contributed by atoms with E-state index in [0.717, 1.165) is 6.42 Å². The summed E-state index contributed by atoms with van der Waals surface area (Å²) >= 11 is 0. The second-order valence-electron chi connectivity index (χ2n) is 9.59. The highest BCUT2D eigenvalue weighted by atomic mass is 28.4. The molecule has 4 unspecified atom stereocenters. The lowest BCUT2D eigenvalue weighted by Gasteiger charge is -2.44. The highest BCUT2D eigenvalue weighted by Crippen LogP contribution is 2.46. The van der Waals surface area contributed by atoms with Crippen LogP contribution in [0.4, 0.5) is 0 Å². The molecule has 6 heteroatoms. The Morgan fingerprint density at radius 1 is 1.21 bits per heavy atom. The minimum absolute atomic E-state index is 0.0240. The highest BCUT2D eigenvalue weighted by molar-refractivity contribution is 6.74. The molecule has 5 atom stereocenters. The number of hydrogen-bond acceptors (Lipinski definition) is 5. The maximum atomic E-state index is 12.7. The number of ether oxygens (including phenoxy) is 2. The third-order valence-electron chi connectivity index (χ3n) is 7.10. The van der Waals surface area contributed by atoms with Crippen molar-refractivity contribution in [2.75, 3.05) is 0 Å². The summed E-state index contributed by atoms with van der Waals surface area (Å²) in [6.07, 6.45) is -2.11. The second-order valence-corrected chi connectivity index (χ2v) is 14.1. The molecule has 0 bridgehead atoms. The Bertz CT molecular complexity index is 673. The average Bonchev–Trinajstić information content (AvgIpc) is 2.96. The van der Waals surface area contributed by atoms with E-state index in [1.165, 1.54) is 0 Å². The molecule has 29 heavy (non-hydrogen) atoms. The summed E-state index contributed by atoms with van der Waals surface area (Å²) in [5, 5.41) is 10.9. The molecule has 1 aromatic rings. The van der Waals surface area contributed by atoms with Crippen molar-refractivity contribution in [1.29, 1.82) is 0 Å². The lowest BCUT2D eigenvalue weighted by Crippen LogP contribution is -2.50. The molecule has 0 saturated carbocycles. The minimum atomic E-state index is -2.26. The summed E-state index contributed by atoms with van der Waals surface area (Å²) in [5.74, 6) is 0.0739. The summed E-state index contributed by atoms with van der Waals surface area (Å²) in [6.45, 7) is 17.2. The van der Waals surface area contributed by atoms with Crippen molar-refractivity contribution < 1.29 is 23.8 Å². The van der Waals surface area contributed by atoms with Gasteiger partial charge in [-0.3, -0.25) is 0 Å². The van der Waals surface area contributed by atoms with Gasteiger partial charge in [0, 0.05) is 0 Å². The number of hydrogen-bond donors (Lipinski definition) is 1. The smallest absolute Gasteiger partial charge is 0.338 e. The molecular formula is C23H38O5Si. The molecule has 164 valence electrons. The maximum Gasteiger partial charge on any atom is 0.338 e. The molecule has 0 aliphatic carbocycles. The van der Waals surface area contributed by atoms with Gasteiger partial charge in [-0.05, 0) is 42.1 Å².